The summed E-state index contributed by atoms with van der Waals surface area (Å²) in [5.41, 5.74) is -0.385. The van der Waals surface area contributed by atoms with E-state index in [2.05, 4.69) is 15.0 Å². The summed E-state index contributed by atoms with van der Waals surface area (Å²) in [7, 11) is 0. The van der Waals surface area contributed by atoms with Crippen LogP contribution in [-0.2, 0) is 6.54 Å². The van der Waals surface area contributed by atoms with Gasteiger partial charge in [0, 0.05) is 18.9 Å². The van der Waals surface area contributed by atoms with Crippen molar-refractivity contribution in [2.45, 2.75) is 19.9 Å². The Kier molecular flexibility index (Phi) is 2.32. The van der Waals surface area contributed by atoms with Crippen LogP contribution in [0.15, 0.2) is 22.0 Å². The highest BCUT2D eigenvalue weighted by Crippen LogP contribution is 1.99. The zero-order valence-electron chi connectivity index (χ0n) is 8.23. The Labute approximate surface area is 84.6 Å². The summed E-state index contributed by atoms with van der Waals surface area (Å²) >= 11 is 0. The monoisotopic (exact) mass is 206 g/mol. The van der Waals surface area contributed by atoms with E-state index in [0.29, 0.717) is 12.2 Å². The molecule has 6 heteroatoms. The molecule has 0 aliphatic rings. The number of H-pyrrole nitrogens is 1. The van der Waals surface area contributed by atoms with Crippen molar-refractivity contribution in [3.63, 3.8) is 0 Å². The average molecular weight is 206 g/mol. The predicted octanol–water partition coefficient (Wildman–Crippen LogP) is -0.110. The molecule has 2 aromatic rings. The first-order chi connectivity index (χ1) is 7.24. The molecule has 6 nitrogen and oxygen atoms in total. The Morgan fingerprint density at radius 3 is 2.80 bits per heavy atom. The fraction of sp³-hybridized carbons (Fsp3) is 0.333. The molecule has 0 aliphatic heterocycles. The molecule has 0 saturated carbocycles. The summed E-state index contributed by atoms with van der Waals surface area (Å²) in [6.45, 7) is 2.46. The highest BCUT2D eigenvalue weighted by atomic mass is 16.2. The first kappa shape index (κ1) is 9.57. The second-order valence-corrected chi connectivity index (χ2v) is 3.14. The van der Waals surface area contributed by atoms with Crippen LogP contribution >= 0.6 is 0 Å². The van der Waals surface area contributed by atoms with Gasteiger partial charge in [0.25, 0.3) is 5.56 Å². The fourth-order valence-corrected chi connectivity index (χ4v) is 1.44. The van der Waals surface area contributed by atoms with Crippen molar-refractivity contribution in [3.8, 4) is 0 Å². The molecule has 2 aromatic heterocycles. The molecule has 1 N–H and O–H groups in total. The van der Waals surface area contributed by atoms with Crippen molar-refractivity contribution in [2.75, 3.05) is 0 Å². The smallest absolute Gasteiger partial charge is 0.276 e. The van der Waals surface area contributed by atoms with E-state index >= 15 is 0 Å². The zero-order chi connectivity index (χ0) is 10.8. The van der Waals surface area contributed by atoms with Gasteiger partial charge in [-0.3, -0.25) is 14.3 Å². The SMILES string of the molecule is CCCn1c(=O)[nH]c(=O)c2nccnc21. The summed E-state index contributed by atoms with van der Waals surface area (Å²) in [6, 6.07) is 0. The number of aryl methyl sites for hydroxylation is 1. The van der Waals surface area contributed by atoms with Gasteiger partial charge < -0.3 is 0 Å². The number of aromatic nitrogens is 4. The van der Waals surface area contributed by atoms with Crippen LogP contribution < -0.4 is 11.2 Å². The van der Waals surface area contributed by atoms with Crippen molar-refractivity contribution in [3.05, 3.63) is 33.2 Å². The molecule has 78 valence electrons. The van der Waals surface area contributed by atoms with E-state index in [-0.39, 0.29) is 5.52 Å². The third-order valence-corrected chi connectivity index (χ3v) is 2.06. The summed E-state index contributed by atoms with van der Waals surface area (Å²) in [6.07, 6.45) is 3.68. The molecule has 0 amide bonds. The second kappa shape index (κ2) is 3.64. The molecule has 2 heterocycles. The maximum atomic E-state index is 11.5. The van der Waals surface area contributed by atoms with E-state index in [1.165, 1.54) is 17.0 Å². The van der Waals surface area contributed by atoms with Gasteiger partial charge in [0.1, 0.15) is 0 Å². The van der Waals surface area contributed by atoms with Gasteiger partial charge in [-0.15, -0.1) is 0 Å². The highest BCUT2D eigenvalue weighted by molar-refractivity contribution is 5.67. The van der Waals surface area contributed by atoms with Gasteiger partial charge in [0.2, 0.25) is 0 Å². The minimum atomic E-state index is -0.490. The normalized spacial score (nSPS) is 10.7. The van der Waals surface area contributed by atoms with Gasteiger partial charge in [-0.2, -0.15) is 0 Å². The molecule has 0 unspecified atom stereocenters. The second-order valence-electron chi connectivity index (χ2n) is 3.14. The van der Waals surface area contributed by atoms with Crippen LogP contribution in [0.5, 0.6) is 0 Å². The number of hydrogen-bond donors (Lipinski definition) is 1. The number of aromatic amines is 1. The summed E-state index contributed by atoms with van der Waals surface area (Å²) in [5, 5.41) is 0. The first-order valence-corrected chi connectivity index (χ1v) is 4.68. The summed E-state index contributed by atoms with van der Waals surface area (Å²) < 4.78 is 1.42. The maximum Gasteiger partial charge on any atom is 0.330 e. The van der Waals surface area contributed by atoms with E-state index in [9.17, 15) is 9.59 Å². The molecular weight excluding hydrogens is 196 g/mol. The summed E-state index contributed by atoms with van der Waals surface area (Å²) in [4.78, 5) is 33.0. The van der Waals surface area contributed by atoms with E-state index in [4.69, 9.17) is 0 Å². The number of fused-ring (bicyclic) bond motifs is 1. The predicted molar refractivity (Wildman–Crippen MR) is 54.7 cm³/mol. The molecule has 0 radical (unpaired) electrons. The maximum absolute atomic E-state index is 11.5. The number of nitrogens with one attached hydrogen (secondary N) is 1. The Hall–Kier alpha value is -1.98. The quantitative estimate of drug-likeness (QED) is 0.743. The Morgan fingerprint density at radius 1 is 1.33 bits per heavy atom. The van der Waals surface area contributed by atoms with Crippen molar-refractivity contribution < 1.29 is 0 Å². The third-order valence-electron chi connectivity index (χ3n) is 2.06. The zero-order valence-corrected chi connectivity index (χ0v) is 8.23. The minimum Gasteiger partial charge on any atom is -0.276 e. The van der Waals surface area contributed by atoms with Crippen LogP contribution in [0.1, 0.15) is 13.3 Å². The molecular formula is C9H10N4O2. The molecule has 0 aromatic carbocycles. The van der Waals surface area contributed by atoms with Gasteiger partial charge in [-0.1, -0.05) is 6.92 Å². The molecule has 0 atom stereocenters. The van der Waals surface area contributed by atoms with Gasteiger partial charge in [-0.05, 0) is 6.42 Å². The van der Waals surface area contributed by atoms with Gasteiger partial charge >= 0.3 is 5.69 Å². The molecule has 0 saturated heterocycles. The van der Waals surface area contributed by atoms with Crippen molar-refractivity contribution in [2.24, 2.45) is 0 Å². The van der Waals surface area contributed by atoms with E-state index in [1.807, 2.05) is 6.92 Å². The average Bonchev–Trinajstić information content (AvgIpc) is 2.24. The number of nitrogens with zero attached hydrogens (tertiary/aromatic N) is 3. The van der Waals surface area contributed by atoms with Gasteiger partial charge in [0.05, 0.1) is 0 Å². The standard InChI is InChI=1S/C9H10N4O2/c1-2-5-13-7-6(10-3-4-11-7)8(14)12-9(13)15/h3-4H,2,5H2,1H3,(H,12,14,15). The van der Waals surface area contributed by atoms with E-state index in [1.54, 1.807) is 0 Å². The molecule has 15 heavy (non-hydrogen) atoms. The van der Waals surface area contributed by atoms with Crippen LogP contribution in [0.3, 0.4) is 0 Å². The Bertz CT molecular complexity index is 599. The topological polar surface area (TPSA) is 80.6 Å². The summed E-state index contributed by atoms with van der Waals surface area (Å²) in [5.74, 6) is 0. The van der Waals surface area contributed by atoms with Crippen LogP contribution in [0.4, 0.5) is 0 Å². The third kappa shape index (κ3) is 1.54. The van der Waals surface area contributed by atoms with Crippen molar-refractivity contribution in [1.29, 1.82) is 0 Å². The van der Waals surface area contributed by atoms with Crippen molar-refractivity contribution in [1.82, 2.24) is 19.5 Å². The lowest BCUT2D eigenvalue weighted by Gasteiger charge is -2.05. The fourth-order valence-electron chi connectivity index (χ4n) is 1.44. The molecule has 0 aliphatic carbocycles. The lowest BCUT2D eigenvalue weighted by Crippen LogP contribution is -2.31. The first-order valence-electron chi connectivity index (χ1n) is 4.68. The van der Waals surface area contributed by atoms with Gasteiger partial charge in [-0.25, -0.2) is 14.8 Å². The lowest BCUT2D eigenvalue weighted by atomic mass is 10.4. The van der Waals surface area contributed by atoms with E-state index in [0.717, 1.165) is 6.42 Å². The van der Waals surface area contributed by atoms with Gasteiger partial charge in [0.15, 0.2) is 11.2 Å². The molecule has 0 bridgehead atoms. The Balaban J connectivity index is 2.90. The van der Waals surface area contributed by atoms with Crippen molar-refractivity contribution >= 4 is 11.2 Å². The van der Waals surface area contributed by atoms with E-state index < -0.39 is 11.2 Å². The largest absolute Gasteiger partial charge is 0.330 e. The molecule has 0 fully saturated rings. The molecule has 2 rings (SSSR count). The number of hydrogen-bond acceptors (Lipinski definition) is 4. The van der Waals surface area contributed by atoms with Crippen LogP contribution in [0.2, 0.25) is 0 Å². The number of rotatable bonds is 2. The Morgan fingerprint density at radius 2 is 2.07 bits per heavy atom. The molecule has 0 spiro atoms. The van der Waals surface area contributed by atoms with Crippen LogP contribution in [0.25, 0.3) is 11.2 Å². The highest BCUT2D eigenvalue weighted by Gasteiger charge is 2.07. The lowest BCUT2D eigenvalue weighted by molar-refractivity contribution is 0.650. The minimum absolute atomic E-state index is 0.200. The van der Waals surface area contributed by atoms with Crippen LogP contribution in [-0.4, -0.2) is 19.5 Å². The van der Waals surface area contributed by atoms with Crippen LogP contribution in [0, 0.1) is 0 Å².